The molecule has 3 atom stereocenters. The number of aliphatic hydroxyl groups excluding tert-OH is 1. The fourth-order valence-electron chi connectivity index (χ4n) is 5.78. The monoisotopic (exact) mass is 443 g/mol. The lowest BCUT2D eigenvalue weighted by Crippen LogP contribution is -2.59. The molecule has 10 nitrogen and oxygen atoms in total. The van der Waals surface area contributed by atoms with Crippen molar-refractivity contribution in [2.45, 2.75) is 62.8 Å². The molecule has 0 saturated carbocycles. The summed E-state index contributed by atoms with van der Waals surface area (Å²) in [7, 11) is 0. The molecule has 4 fully saturated rings. The number of piperidine rings is 2. The van der Waals surface area contributed by atoms with Crippen LogP contribution >= 0.6 is 0 Å². The number of hydrogen-bond acceptors (Lipinski definition) is 6. The molecule has 4 amide bonds. The topological polar surface area (TPSA) is 105 Å². The van der Waals surface area contributed by atoms with Crippen LogP contribution in [0.3, 0.4) is 0 Å². The fraction of sp³-hybridized carbons (Fsp3) is 0.727. The Morgan fingerprint density at radius 2 is 1.72 bits per heavy atom. The van der Waals surface area contributed by atoms with E-state index in [4.69, 9.17) is 0 Å². The maximum atomic E-state index is 13.1. The highest BCUT2D eigenvalue weighted by molar-refractivity contribution is 5.77. The first kappa shape index (κ1) is 21.2. The van der Waals surface area contributed by atoms with Crippen LogP contribution in [0.5, 0.6) is 0 Å². The van der Waals surface area contributed by atoms with Crippen molar-refractivity contribution in [1.29, 1.82) is 0 Å². The van der Waals surface area contributed by atoms with Crippen LogP contribution in [-0.2, 0) is 0 Å². The van der Waals surface area contributed by atoms with E-state index in [0.717, 1.165) is 51.1 Å². The third-order valence-corrected chi connectivity index (χ3v) is 7.39. The summed E-state index contributed by atoms with van der Waals surface area (Å²) in [6, 6.07) is 0.309. The number of hydrogen-bond donors (Lipinski definition) is 2. The Labute approximate surface area is 188 Å². The molecule has 4 aliphatic rings. The Balaban J connectivity index is 1.13. The van der Waals surface area contributed by atoms with Crippen molar-refractivity contribution in [1.82, 2.24) is 30.0 Å². The van der Waals surface area contributed by atoms with Crippen LogP contribution in [0.4, 0.5) is 15.4 Å². The quantitative estimate of drug-likeness (QED) is 0.703. The number of urea groups is 2. The van der Waals surface area contributed by atoms with Crippen molar-refractivity contribution >= 4 is 17.9 Å². The van der Waals surface area contributed by atoms with Crippen LogP contribution in [0.25, 0.3) is 0 Å². The van der Waals surface area contributed by atoms with E-state index in [0.29, 0.717) is 32.5 Å². The Morgan fingerprint density at radius 1 is 0.969 bits per heavy atom. The highest BCUT2D eigenvalue weighted by Gasteiger charge is 2.43. The molecule has 0 aromatic carbocycles. The van der Waals surface area contributed by atoms with Gasteiger partial charge in [-0.3, -0.25) is 4.98 Å². The highest BCUT2D eigenvalue weighted by atomic mass is 16.3. The van der Waals surface area contributed by atoms with Crippen molar-refractivity contribution < 1.29 is 14.7 Å². The summed E-state index contributed by atoms with van der Waals surface area (Å²) in [6.07, 6.45) is 9.92. The number of anilines is 1. The van der Waals surface area contributed by atoms with E-state index >= 15 is 0 Å². The van der Waals surface area contributed by atoms with E-state index in [-0.39, 0.29) is 36.3 Å². The third kappa shape index (κ3) is 4.32. The third-order valence-electron chi connectivity index (χ3n) is 7.39. The number of likely N-dealkylation sites (tertiary alicyclic amines) is 1. The van der Waals surface area contributed by atoms with Gasteiger partial charge in [0.25, 0.3) is 0 Å². The molecule has 1 aromatic heterocycles. The van der Waals surface area contributed by atoms with E-state index in [1.165, 1.54) is 0 Å². The Kier molecular flexibility index (Phi) is 6.03. The summed E-state index contributed by atoms with van der Waals surface area (Å²) in [5.41, 5.74) is 0. The van der Waals surface area contributed by atoms with Gasteiger partial charge in [-0.15, -0.1) is 0 Å². The minimum absolute atomic E-state index is 0.0210. The average Bonchev–Trinajstić information content (AvgIpc) is 3.10. The molecular formula is C22H33N7O3. The van der Waals surface area contributed by atoms with Crippen molar-refractivity contribution in [3.8, 4) is 0 Å². The average molecular weight is 444 g/mol. The molecule has 10 heteroatoms. The molecule has 0 spiro atoms. The van der Waals surface area contributed by atoms with Crippen LogP contribution in [0.15, 0.2) is 18.6 Å². The normalized spacial score (nSPS) is 30.4. The van der Waals surface area contributed by atoms with Crippen LogP contribution in [-0.4, -0.2) is 105 Å². The molecule has 174 valence electrons. The van der Waals surface area contributed by atoms with Gasteiger partial charge in [-0.2, -0.15) is 0 Å². The van der Waals surface area contributed by atoms with Crippen molar-refractivity contribution in [2.24, 2.45) is 0 Å². The number of aliphatic hydroxyl groups is 1. The molecule has 4 aliphatic heterocycles. The Bertz CT molecular complexity index is 803. The van der Waals surface area contributed by atoms with Gasteiger partial charge < -0.3 is 30.0 Å². The molecule has 2 unspecified atom stereocenters. The molecule has 4 saturated heterocycles. The predicted molar refractivity (Wildman–Crippen MR) is 118 cm³/mol. The van der Waals surface area contributed by atoms with Gasteiger partial charge in [0.1, 0.15) is 5.82 Å². The molecule has 0 aliphatic carbocycles. The molecular weight excluding hydrogens is 410 g/mol. The van der Waals surface area contributed by atoms with E-state index in [2.05, 4.69) is 20.2 Å². The first-order valence-corrected chi connectivity index (χ1v) is 11.9. The van der Waals surface area contributed by atoms with Crippen LogP contribution in [0.1, 0.15) is 38.5 Å². The molecule has 2 bridgehead atoms. The minimum atomic E-state index is -0.284. The second-order valence-corrected chi connectivity index (χ2v) is 9.47. The van der Waals surface area contributed by atoms with Crippen LogP contribution in [0, 0.1) is 0 Å². The van der Waals surface area contributed by atoms with Crippen molar-refractivity contribution in [3.05, 3.63) is 18.6 Å². The van der Waals surface area contributed by atoms with Gasteiger partial charge in [-0.05, 0) is 38.5 Å². The number of fused-ring (bicyclic) bond motifs is 2. The van der Waals surface area contributed by atoms with Crippen molar-refractivity contribution in [2.75, 3.05) is 44.2 Å². The Morgan fingerprint density at radius 3 is 2.41 bits per heavy atom. The molecule has 5 heterocycles. The summed E-state index contributed by atoms with van der Waals surface area (Å²) in [5, 5.41) is 13.2. The number of carbonyl (C=O) groups excluding carboxylic acids is 2. The number of rotatable bonds is 2. The minimum Gasteiger partial charge on any atom is -0.393 e. The maximum absolute atomic E-state index is 13.1. The molecule has 5 rings (SSSR count). The maximum Gasteiger partial charge on any atom is 0.320 e. The highest BCUT2D eigenvalue weighted by Crippen LogP contribution is 2.35. The van der Waals surface area contributed by atoms with E-state index < -0.39 is 0 Å². The van der Waals surface area contributed by atoms with E-state index in [1.807, 2.05) is 14.7 Å². The second kappa shape index (κ2) is 9.09. The van der Waals surface area contributed by atoms with Gasteiger partial charge >= 0.3 is 12.1 Å². The van der Waals surface area contributed by atoms with Crippen molar-refractivity contribution in [3.63, 3.8) is 0 Å². The number of aromatic nitrogens is 2. The lowest BCUT2D eigenvalue weighted by Gasteiger charge is -2.41. The van der Waals surface area contributed by atoms with Gasteiger partial charge in [0.2, 0.25) is 0 Å². The molecule has 32 heavy (non-hydrogen) atoms. The summed E-state index contributed by atoms with van der Waals surface area (Å²) >= 11 is 0. The zero-order chi connectivity index (χ0) is 22.1. The standard InChI is InChI=1S/C22H33N7O3/c30-19-12-17-3-4-18(13-19)29(17)21(31)25-16-2-1-7-28(15-16)22(32)27-10-8-26(9-11-27)20-14-23-5-6-24-20/h5-6,14,16-19,30H,1-4,7-13,15H2,(H,25,31)/t16-,17?,18?,19?/m0/s1. The summed E-state index contributed by atoms with van der Waals surface area (Å²) in [5.74, 6) is 0.847. The first-order chi connectivity index (χ1) is 15.6. The Hall–Kier alpha value is -2.62. The smallest absolute Gasteiger partial charge is 0.320 e. The lowest BCUT2D eigenvalue weighted by atomic mass is 10.0. The van der Waals surface area contributed by atoms with Gasteiger partial charge in [0.05, 0.1) is 12.3 Å². The largest absolute Gasteiger partial charge is 0.393 e. The summed E-state index contributed by atoms with van der Waals surface area (Å²) in [6.45, 7) is 4.08. The zero-order valence-electron chi connectivity index (χ0n) is 18.5. The van der Waals surface area contributed by atoms with Gasteiger partial charge in [0, 0.05) is 69.8 Å². The number of nitrogens with one attached hydrogen (secondary N) is 1. The van der Waals surface area contributed by atoms with Crippen LogP contribution < -0.4 is 10.2 Å². The zero-order valence-corrected chi connectivity index (χ0v) is 18.5. The number of amides is 4. The summed E-state index contributed by atoms with van der Waals surface area (Å²) in [4.78, 5) is 42.5. The molecule has 2 N–H and O–H groups in total. The summed E-state index contributed by atoms with van der Waals surface area (Å²) < 4.78 is 0. The number of nitrogens with zero attached hydrogens (tertiary/aromatic N) is 6. The molecule has 1 aromatic rings. The number of carbonyl (C=O) groups is 2. The predicted octanol–water partition coefficient (Wildman–Crippen LogP) is 0.880. The first-order valence-electron chi connectivity index (χ1n) is 11.9. The fourth-order valence-corrected chi connectivity index (χ4v) is 5.78. The number of piperazine rings is 1. The van der Waals surface area contributed by atoms with Gasteiger partial charge in [-0.1, -0.05) is 0 Å². The lowest BCUT2D eigenvalue weighted by molar-refractivity contribution is 0.0522. The second-order valence-electron chi connectivity index (χ2n) is 9.47. The molecule has 0 radical (unpaired) electrons. The SMILES string of the molecule is O=C(N1CCN(c2cnccn2)CC1)N1CCC[C@H](NC(=O)N2C3CCC2CC(O)C3)C1. The van der Waals surface area contributed by atoms with E-state index in [1.54, 1.807) is 18.6 Å². The van der Waals surface area contributed by atoms with E-state index in [9.17, 15) is 14.7 Å². The van der Waals surface area contributed by atoms with Gasteiger partial charge in [0.15, 0.2) is 0 Å². The van der Waals surface area contributed by atoms with Gasteiger partial charge in [-0.25, -0.2) is 14.6 Å². The van der Waals surface area contributed by atoms with Crippen LogP contribution in [0.2, 0.25) is 0 Å².